The van der Waals surface area contributed by atoms with Crippen molar-refractivity contribution in [3.8, 4) is 0 Å². The third-order valence-corrected chi connectivity index (χ3v) is 5.67. The Morgan fingerprint density at radius 1 is 1.48 bits per heavy atom. The molecule has 0 atom stereocenters. The van der Waals surface area contributed by atoms with Gasteiger partial charge >= 0.3 is 7.05 Å². The molecule has 0 spiro atoms. The molecule has 2 aliphatic rings. The summed E-state index contributed by atoms with van der Waals surface area (Å²) in [5.41, 5.74) is 3.76. The number of nitrogens with one attached hydrogen (secondary N) is 3. The van der Waals surface area contributed by atoms with Gasteiger partial charge < -0.3 is 15.3 Å². The zero-order chi connectivity index (χ0) is 15.8. The molecule has 4 rings (SSSR count). The minimum atomic E-state index is -0.783. The first-order valence-electron chi connectivity index (χ1n) is 8.12. The Kier molecular flexibility index (Phi) is 4.04. The fraction of sp³-hybridized carbons (Fsp3) is 0.467. The van der Waals surface area contributed by atoms with Crippen molar-refractivity contribution in [2.24, 2.45) is 11.0 Å². The number of hydrogen-bond donors (Lipinski definition) is 4. The molecule has 8 heteroatoms. The van der Waals surface area contributed by atoms with Gasteiger partial charge in [-0.25, -0.2) is 4.98 Å². The summed E-state index contributed by atoms with van der Waals surface area (Å²) < 4.78 is 3.53. The molecule has 0 radical (unpaired) electrons. The zero-order valence-electron chi connectivity index (χ0n) is 13.0. The van der Waals surface area contributed by atoms with Crippen LogP contribution in [0.25, 0.3) is 11.0 Å². The summed E-state index contributed by atoms with van der Waals surface area (Å²) in [7, 11) is -0.783. The third-order valence-electron chi connectivity index (χ3n) is 4.55. The number of aromatic nitrogens is 2. The van der Waals surface area contributed by atoms with E-state index in [0.717, 1.165) is 46.4 Å². The topological polar surface area (TPSA) is 85.3 Å². The normalized spacial score (nSPS) is 23.2. The van der Waals surface area contributed by atoms with Crippen molar-refractivity contribution in [1.29, 1.82) is 0 Å². The standard InChI is InChI=1S/C15H20BN5OS/c1-2-5-23-20-10-6-9(7-10)14-13-11-3-4-17-15(11)18-8-12(13)16(22)21-19-14/h3-4,8-10,20-22H,2,5-7H2,1H3,(H,17,18). The van der Waals surface area contributed by atoms with E-state index < -0.39 is 7.05 Å². The molecule has 0 aromatic carbocycles. The molecule has 0 unspecified atom stereocenters. The Morgan fingerprint density at radius 2 is 2.35 bits per heavy atom. The van der Waals surface area contributed by atoms with Crippen LogP contribution in [0.2, 0.25) is 0 Å². The number of fused-ring (bicyclic) bond motifs is 3. The lowest BCUT2D eigenvalue weighted by Crippen LogP contribution is -2.52. The van der Waals surface area contributed by atoms with Crippen LogP contribution in [-0.2, 0) is 0 Å². The Labute approximate surface area is 139 Å². The second kappa shape index (κ2) is 6.18. The maximum Gasteiger partial charge on any atom is 0.465 e. The monoisotopic (exact) mass is 329 g/mol. The van der Waals surface area contributed by atoms with Crippen LogP contribution >= 0.6 is 11.9 Å². The van der Waals surface area contributed by atoms with Crippen molar-refractivity contribution >= 4 is 41.2 Å². The van der Waals surface area contributed by atoms with Gasteiger partial charge in [0, 0.05) is 46.5 Å². The second-order valence-electron chi connectivity index (χ2n) is 6.19. The molecule has 2 aromatic rings. The zero-order valence-corrected chi connectivity index (χ0v) is 13.9. The van der Waals surface area contributed by atoms with Crippen LogP contribution in [0.4, 0.5) is 0 Å². The molecule has 1 aliphatic heterocycles. The van der Waals surface area contributed by atoms with Crippen LogP contribution in [0.1, 0.15) is 31.7 Å². The maximum atomic E-state index is 10.2. The summed E-state index contributed by atoms with van der Waals surface area (Å²) in [5.74, 6) is 1.57. The van der Waals surface area contributed by atoms with Crippen molar-refractivity contribution in [2.45, 2.75) is 32.2 Å². The Bertz CT molecular complexity index is 743. The number of nitrogens with zero attached hydrogens (tertiary/aromatic N) is 2. The lowest BCUT2D eigenvalue weighted by Gasteiger charge is -2.38. The molecule has 1 saturated carbocycles. The lowest BCUT2D eigenvalue weighted by atomic mass is 9.66. The van der Waals surface area contributed by atoms with E-state index in [-0.39, 0.29) is 0 Å². The first-order valence-corrected chi connectivity index (χ1v) is 9.11. The summed E-state index contributed by atoms with van der Waals surface area (Å²) in [5, 5.41) is 18.5. The van der Waals surface area contributed by atoms with E-state index in [0.29, 0.717) is 12.0 Å². The van der Waals surface area contributed by atoms with Crippen LogP contribution < -0.4 is 15.5 Å². The van der Waals surface area contributed by atoms with Crippen molar-refractivity contribution in [1.82, 2.24) is 20.0 Å². The SMILES string of the molecule is CCCSNC1CC(C2=NNB(O)c3cnc4[nH]ccc4c32)C1. The molecule has 23 heavy (non-hydrogen) atoms. The van der Waals surface area contributed by atoms with Gasteiger partial charge in [0.1, 0.15) is 5.65 Å². The first kappa shape index (κ1) is 15.0. The number of H-pyrrole nitrogens is 1. The third kappa shape index (κ3) is 2.64. The van der Waals surface area contributed by atoms with Gasteiger partial charge in [0.25, 0.3) is 0 Å². The van der Waals surface area contributed by atoms with Gasteiger partial charge in [0.15, 0.2) is 0 Å². The molecule has 0 saturated heterocycles. The van der Waals surface area contributed by atoms with Gasteiger partial charge in [-0.05, 0) is 25.3 Å². The Balaban J connectivity index is 1.57. The second-order valence-corrected chi connectivity index (χ2v) is 7.12. The highest BCUT2D eigenvalue weighted by atomic mass is 32.2. The summed E-state index contributed by atoms with van der Waals surface area (Å²) in [6.07, 6.45) is 6.98. The number of pyridine rings is 1. The van der Waals surface area contributed by atoms with E-state index in [1.807, 2.05) is 24.2 Å². The van der Waals surface area contributed by atoms with Gasteiger partial charge in [-0.1, -0.05) is 18.9 Å². The van der Waals surface area contributed by atoms with Crippen LogP contribution in [0.15, 0.2) is 23.6 Å². The van der Waals surface area contributed by atoms with Crippen molar-refractivity contribution in [2.75, 3.05) is 5.75 Å². The quantitative estimate of drug-likeness (QED) is 0.373. The molecule has 0 bridgehead atoms. The highest BCUT2D eigenvalue weighted by molar-refractivity contribution is 7.97. The lowest BCUT2D eigenvalue weighted by molar-refractivity contribution is 0.326. The van der Waals surface area contributed by atoms with Crippen molar-refractivity contribution < 1.29 is 5.02 Å². The molecule has 0 amide bonds. The number of aromatic amines is 1. The van der Waals surface area contributed by atoms with E-state index in [1.54, 1.807) is 6.20 Å². The van der Waals surface area contributed by atoms with Crippen LogP contribution in [-0.4, -0.2) is 39.5 Å². The number of hydrogen-bond acceptors (Lipinski definition) is 6. The molecule has 1 aliphatic carbocycles. The summed E-state index contributed by atoms with van der Waals surface area (Å²) >= 11 is 1.82. The molecule has 6 nitrogen and oxygen atoms in total. The fourth-order valence-electron chi connectivity index (χ4n) is 3.28. The predicted molar refractivity (Wildman–Crippen MR) is 95.8 cm³/mol. The van der Waals surface area contributed by atoms with Gasteiger partial charge in [-0.2, -0.15) is 5.10 Å². The smallest absolute Gasteiger partial charge is 0.428 e. The average molecular weight is 329 g/mol. The molecule has 2 aromatic heterocycles. The largest absolute Gasteiger partial charge is 0.465 e. The molecular weight excluding hydrogens is 309 g/mol. The summed E-state index contributed by atoms with van der Waals surface area (Å²) in [6.45, 7) is 2.19. The fourth-order valence-corrected chi connectivity index (χ4v) is 4.03. The van der Waals surface area contributed by atoms with Crippen molar-refractivity contribution in [3.05, 3.63) is 24.0 Å². The highest BCUT2D eigenvalue weighted by Gasteiger charge is 2.38. The van der Waals surface area contributed by atoms with Crippen LogP contribution in [0.3, 0.4) is 0 Å². The average Bonchev–Trinajstić information content (AvgIpc) is 2.99. The predicted octanol–water partition coefficient (Wildman–Crippen LogP) is 0.984. The van der Waals surface area contributed by atoms with Gasteiger partial charge in [0.2, 0.25) is 0 Å². The number of rotatable bonds is 5. The summed E-state index contributed by atoms with van der Waals surface area (Å²) in [6, 6.07) is 2.57. The van der Waals surface area contributed by atoms with E-state index in [2.05, 4.69) is 32.1 Å². The maximum absolute atomic E-state index is 10.2. The molecular formula is C15H20BN5OS. The minimum Gasteiger partial charge on any atom is -0.428 e. The van der Waals surface area contributed by atoms with Gasteiger partial charge in [0.05, 0.1) is 5.71 Å². The molecule has 1 fully saturated rings. The highest BCUT2D eigenvalue weighted by Crippen LogP contribution is 2.34. The Hall–Kier alpha value is -1.51. The summed E-state index contributed by atoms with van der Waals surface area (Å²) in [4.78, 5) is 7.52. The van der Waals surface area contributed by atoms with E-state index in [4.69, 9.17) is 0 Å². The van der Waals surface area contributed by atoms with Gasteiger partial charge in [-0.3, -0.25) is 4.72 Å². The van der Waals surface area contributed by atoms with E-state index in [9.17, 15) is 5.02 Å². The van der Waals surface area contributed by atoms with E-state index in [1.165, 1.54) is 6.42 Å². The molecule has 4 N–H and O–H groups in total. The van der Waals surface area contributed by atoms with Gasteiger partial charge in [-0.15, -0.1) is 0 Å². The first-order chi connectivity index (χ1) is 11.3. The van der Waals surface area contributed by atoms with E-state index >= 15 is 0 Å². The van der Waals surface area contributed by atoms with Crippen LogP contribution in [0.5, 0.6) is 0 Å². The minimum absolute atomic E-state index is 0.425. The number of hydrazone groups is 1. The van der Waals surface area contributed by atoms with Crippen LogP contribution in [0, 0.1) is 5.92 Å². The Morgan fingerprint density at radius 3 is 3.17 bits per heavy atom. The van der Waals surface area contributed by atoms with Crippen molar-refractivity contribution in [3.63, 3.8) is 0 Å². The molecule has 3 heterocycles. The molecule has 120 valence electrons.